The highest BCUT2D eigenvalue weighted by atomic mass is 79.9. The van der Waals surface area contributed by atoms with E-state index in [0.717, 1.165) is 0 Å². The Balaban J connectivity index is 2.60. The molecule has 0 saturated heterocycles. The maximum absolute atomic E-state index is 14.3. The molecule has 1 atom stereocenters. The van der Waals surface area contributed by atoms with Gasteiger partial charge in [-0.25, -0.2) is 8.78 Å². The van der Waals surface area contributed by atoms with Gasteiger partial charge in [-0.05, 0) is 40.7 Å². The smallest absolute Gasteiger partial charge is 0.145 e. The van der Waals surface area contributed by atoms with Gasteiger partial charge >= 0.3 is 0 Å². The van der Waals surface area contributed by atoms with E-state index in [2.05, 4.69) is 21.2 Å². The van der Waals surface area contributed by atoms with Gasteiger partial charge in [0.25, 0.3) is 0 Å². The zero-order chi connectivity index (χ0) is 14.9. The maximum atomic E-state index is 14.3. The third-order valence-corrected chi connectivity index (χ3v) is 4.90. The first-order chi connectivity index (χ1) is 9.45. The fourth-order valence-corrected chi connectivity index (χ4v) is 3.81. The molecule has 0 fully saturated rings. The van der Waals surface area contributed by atoms with Crippen LogP contribution in [-0.4, -0.2) is 6.54 Å². The molecule has 2 aromatic rings. The van der Waals surface area contributed by atoms with Gasteiger partial charge in [0, 0.05) is 11.1 Å². The van der Waals surface area contributed by atoms with Crippen molar-refractivity contribution >= 4 is 50.5 Å². The predicted molar refractivity (Wildman–Crippen MR) is 83.9 cm³/mol. The molecule has 1 aromatic heterocycles. The standard InChI is InChI=1S/C13H10BrCl2F2NS/c1-2-19-12(6-5-9(15)20-13(6)16)10-8(17)4-3-7(14)11(10)18/h3-5,12,19H,2H2,1H3. The Kier molecular flexibility index (Phi) is 5.42. The summed E-state index contributed by atoms with van der Waals surface area (Å²) in [5.41, 5.74) is 0.497. The zero-order valence-electron chi connectivity index (χ0n) is 10.3. The molecule has 0 amide bonds. The van der Waals surface area contributed by atoms with Crippen molar-refractivity contribution < 1.29 is 8.78 Å². The van der Waals surface area contributed by atoms with Gasteiger partial charge in [-0.3, -0.25) is 0 Å². The average molecular weight is 401 g/mol. The van der Waals surface area contributed by atoms with Crippen molar-refractivity contribution in [2.24, 2.45) is 0 Å². The highest BCUT2D eigenvalue weighted by Crippen LogP contribution is 2.39. The molecule has 0 radical (unpaired) electrons. The zero-order valence-corrected chi connectivity index (χ0v) is 14.2. The van der Waals surface area contributed by atoms with Crippen molar-refractivity contribution in [3.8, 4) is 0 Å². The van der Waals surface area contributed by atoms with E-state index in [-0.39, 0.29) is 10.0 Å². The van der Waals surface area contributed by atoms with E-state index < -0.39 is 17.7 Å². The SMILES string of the molecule is CCNC(c1cc(Cl)sc1Cl)c1c(F)ccc(Br)c1F. The summed E-state index contributed by atoms with van der Waals surface area (Å²) in [5.74, 6) is -1.27. The minimum Gasteiger partial charge on any atom is -0.306 e. The Hall–Kier alpha value is -0.200. The van der Waals surface area contributed by atoms with E-state index >= 15 is 0 Å². The lowest BCUT2D eigenvalue weighted by Gasteiger charge is -2.20. The quantitative estimate of drug-likeness (QED) is 0.640. The number of benzene rings is 1. The van der Waals surface area contributed by atoms with Crippen molar-refractivity contribution in [2.75, 3.05) is 6.54 Å². The number of rotatable bonds is 4. The summed E-state index contributed by atoms with van der Waals surface area (Å²) in [7, 11) is 0. The molecule has 7 heteroatoms. The summed E-state index contributed by atoms with van der Waals surface area (Å²) in [6.07, 6.45) is 0. The van der Waals surface area contributed by atoms with Crippen LogP contribution in [0.4, 0.5) is 8.78 Å². The maximum Gasteiger partial charge on any atom is 0.145 e. The number of nitrogens with one attached hydrogen (secondary N) is 1. The highest BCUT2D eigenvalue weighted by Gasteiger charge is 2.26. The number of halogens is 5. The molecule has 1 unspecified atom stereocenters. The van der Waals surface area contributed by atoms with Crippen LogP contribution in [0.5, 0.6) is 0 Å². The van der Waals surface area contributed by atoms with E-state index in [9.17, 15) is 8.78 Å². The first-order valence-corrected chi connectivity index (χ1v) is 8.13. The predicted octanol–water partition coefficient (Wildman–Crippen LogP) is 5.79. The molecule has 0 saturated carbocycles. The van der Waals surface area contributed by atoms with Gasteiger partial charge in [0.1, 0.15) is 11.6 Å². The van der Waals surface area contributed by atoms with Crippen molar-refractivity contribution in [1.29, 1.82) is 0 Å². The van der Waals surface area contributed by atoms with Gasteiger partial charge in [0.05, 0.1) is 19.2 Å². The molecule has 0 bridgehead atoms. The summed E-state index contributed by atoms with van der Waals surface area (Å²) in [5, 5.41) is 3.04. The summed E-state index contributed by atoms with van der Waals surface area (Å²) in [4.78, 5) is 0. The molecule has 1 heterocycles. The topological polar surface area (TPSA) is 12.0 Å². The summed E-state index contributed by atoms with van der Waals surface area (Å²) >= 11 is 16.3. The van der Waals surface area contributed by atoms with Gasteiger partial charge in [-0.1, -0.05) is 30.1 Å². The van der Waals surface area contributed by atoms with Crippen LogP contribution in [0.2, 0.25) is 8.67 Å². The minimum absolute atomic E-state index is 0.0717. The Morgan fingerprint density at radius 1 is 1.35 bits per heavy atom. The Labute approximate surface area is 138 Å². The average Bonchev–Trinajstić information content (AvgIpc) is 2.72. The van der Waals surface area contributed by atoms with Crippen LogP contribution in [0, 0.1) is 11.6 Å². The summed E-state index contributed by atoms with van der Waals surface area (Å²) in [6, 6.07) is 3.49. The second-order valence-corrected chi connectivity index (χ2v) is 7.17. The van der Waals surface area contributed by atoms with Crippen LogP contribution in [0.1, 0.15) is 24.1 Å². The molecule has 2 rings (SSSR count). The minimum atomic E-state index is -0.686. The van der Waals surface area contributed by atoms with E-state index in [1.165, 1.54) is 23.5 Å². The lowest BCUT2D eigenvalue weighted by Crippen LogP contribution is -2.24. The van der Waals surface area contributed by atoms with Crippen molar-refractivity contribution in [1.82, 2.24) is 5.32 Å². The Morgan fingerprint density at radius 3 is 2.60 bits per heavy atom. The van der Waals surface area contributed by atoms with E-state index in [1.54, 1.807) is 6.07 Å². The van der Waals surface area contributed by atoms with Crippen molar-refractivity contribution in [2.45, 2.75) is 13.0 Å². The number of hydrogen-bond acceptors (Lipinski definition) is 2. The van der Waals surface area contributed by atoms with Gasteiger partial charge in [0.15, 0.2) is 0 Å². The lowest BCUT2D eigenvalue weighted by molar-refractivity contribution is 0.508. The van der Waals surface area contributed by atoms with Crippen molar-refractivity contribution in [3.63, 3.8) is 0 Å². The number of thiophene rings is 1. The fraction of sp³-hybridized carbons (Fsp3) is 0.231. The first-order valence-electron chi connectivity index (χ1n) is 5.77. The van der Waals surface area contributed by atoms with E-state index in [0.29, 0.717) is 20.8 Å². The lowest BCUT2D eigenvalue weighted by atomic mass is 10.00. The molecular weight excluding hydrogens is 391 g/mol. The normalized spacial score (nSPS) is 12.7. The summed E-state index contributed by atoms with van der Waals surface area (Å²) in [6.45, 7) is 2.38. The molecule has 0 spiro atoms. The van der Waals surface area contributed by atoms with Crippen LogP contribution in [0.15, 0.2) is 22.7 Å². The molecule has 0 aliphatic rings. The molecule has 0 aliphatic heterocycles. The second-order valence-electron chi connectivity index (χ2n) is 4.03. The van der Waals surface area contributed by atoms with Crippen LogP contribution in [0.25, 0.3) is 0 Å². The molecule has 1 nitrogen and oxygen atoms in total. The van der Waals surface area contributed by atoms with Gasteiger partial charge in [-0.2, -0.15) is 0 Å². The largest absolute Gasteiger partial charge is 0.306 e. The van der Waals surface area contributed by atoms with Crippen LogP contribution in [0.3, 0.4) is 0 Å². The monoisotopic (exact) mass is 399 g/mol. The van der Waals surface area contributed by atoms with Gasteiger partial charge in [0.2, 0.25) is 0 Å². The van der Waals surface area contributed by atoms with E-state index in [4.69, 9.17) is 23.2 Å². The Morgan fingerprint density at radius 2 is 2.05 bits per heavy atom. The van der Waals surface area contributed by atoms with Gasteiger partial charge < -0.3 is 5.32 Å². The molecular formula is C13H10BrCl2F2NS. The van der Waals surface area contributed by atoms with E-state index in [1.807, 2.05) is 6.92 Å². The molecule has 20 heavy (non-hydrogen) atoms. The Bertz CT molecular complexity index is 633. The summed E-state index contributed by atoms with van der Waals surface area (Å²) < 4.78 is 29.4. The third kappa shape index (κ3) is 3.17. The van der Waals surface area contributed by atoms with Crippen LogP contribution < -0.4 is 5.32 Å². The van der Waals surface area contributed by atoms with Gasteiger partial charge in [-0.15, -0.1) is 11.3 Å². The first kappa shape index (κ1) is 16.2. The fourth-order valence-electron chi connectivity index (χ4n) is 1.93. The molecule has 108 valence electrons. The molecule has 0 aliphatic carbocycles. The van der Waals surface area contributed by atoms with Crippen LogP contribution >= 0.6 is 50.5 Å². The second kappa shape index (κ2) is 6.71. The van der Waals surface area contributed by atoms with Crippen LogP contribution in [-0.2, 0) is 0 Å². The molecule has 1 N–H and O–H groups in total. The number of hydrogen-bond donors (Lipinski definition) is 1. The molecule has 1 aromatic carbocycles. The third-order valence-electron chi connectivity index (χ3n) is 2.77. The van der Waals surface area contributed by atoms with Crippen molar-refractivity contribution in [3.05, 3.63) is 54.1 Å². The highest BCUT2D eigenvalue weighted by molar-refractivity contribution is 9.10.